The number of nitrogens with one attached hydrogen (secondary N) is 2. The van der Waals surface area contributed by atoms with E-state index >= 15 is 0 Å². The molecule has 0 unspecified atom stereocenters. The number of rotatable bonds is 7. The minimum atomic E-state index is -0.376. The molecule has 3 aromatic rings. The molecule has 10 heteroatoms. The van der Waals surface area contributed by atoms with Gasteiger partial charge in [-0.25, -0.2) is 0 Å². The molecule has 2 amide bonds. The lowest BCUT2D eigenvalue weighted by Gasteiger charge is -2.07. The maximum absolute atomic E-state index is 12.1. The number of carbonyl (C=O) groups excluding carboxylic acids is 2. The van der Waals surface area contributed by atoms with Crippen molar-refractivity contribution in [3.05, 3.63) is 50.4 Å². The SMILES string of the molecule is Cc1nnc(NC(=O)c2nnc(CCC(=O)NCc3ccccc3C)s2)s1. The molecule has 0 saturated carbocycles. The minimum Gasteiger partial charge on any atom is -0.352 e. The van der Waals surface area contributed by atoms with E-state index in [1.165, 1.54) is 22.7 Å². The Morgan fingerprint density at radius 1 is 1.04 bits per heavy atom. The molecule has 0 saturated heterocycles. The minimum absolute atomic E-state index is 0.0659. The van der Waals surface area contributed by atoms with Crippen LogP contribution in [0.15, 0.2) is 24.3 Å². The van der Waals surface area contributed by atoms with Crippen LogP contribution < -0.4 is 10.6 Å². The molecular formula is C17H18N6O2S2. The molecule has 2 aromatic heterocycles. The maximum atomic E-state index is 12.1. The van der Waals surface area contributed by atoms with Crippen molar-refractivity contribution in [1.82, 2.24) is 25.7 Å². The average molecular weight is 403 g/mol. The standard InChI is InChI=1S/C17H18N6O2S2/c1-10-5-3-4-6-12(10)9-18-13(24)7-8-14-21-22-16(27-14)15(25)19-17-23-20-11(2)26-17/h3-6H,7-9H2,1-2H3,(H,18,24)(H,19,23,25). The first kappa shape index (κ1) is 19.1. The van der Waals surface area contributed by atoms with Crippen LogP contribution in [0.5, 0.6) is 0 Å². The van der Waals surface area contributed by atoms with Crippen LogP contribution >= 0.6 is 22.7 Å². The molecule has 3 rings (SSSR count). The second-order valence-corrected chi connectivity index (χ2v) is 8.03. The zero-order chi connectivity index (χ0) is 19.2. The van der Waals surface area contributed by atoms with Gasteiger partial charge in [-0.05, 0) is 25.0 Å². The van der Waals surface area contributed by atoms with Crippen LogP contribution in [0.4, 0.5) is 5.13 Å². The normalized spacial score (nSPS) is 10.6. The molecular weight excluding hydrogens is 384 g/mol. The summed E-state index contributed by atoms with van der Waals surface area (Å²) in [4.78, 5) is 24.2. The molecule has 1 aromatic carbocycles. The van der Waals surface area contributed by atoms with Crippen molar-refractivity contribution in [2.75, 3.05) is 5.32 Å². The van der Waals surface area contributed by atoms with Gasteiger partial charge < -0.3 is 5.32 Å². The average Bonchev–Trinajstić information content (AvgIpc) is 3.28. The van der Waals surface area contributed by atoms with E-state index in [-0.39, 0.29) is 23.2 Å². The van der Waals surface area contributed by atoms with Gasteiger partial charge in [0.05, 0.1) is 0 Å². The fraction of sp³-hybridized carbons (Fsp3) is 0.294. The number of benzene rings is 1. The van der Waals surface area contributed by atoms with Gasteiger partial charge in [-0.2, -0.15) is 0 Å². The lowest BCUT2D eigenvalue weighted by Crippen LogP contribution is -2.23. The molecule has 0 aliphatic rings. The fourth-order valence-electron chi connectivity index (χ4n) is 2.26. The predicted octanol–water partition coefficient (Wildman–Crippen LogP) is 2.51. The fourth-order valence-corrected chi connectivity index (χ4v) is 3.58. The lowest BCUT2D eigenvalue weighted by atomic mass is 10.1. The van der Waals surface area contributed by atoms with E-state index in [1.807, 2.05) is 31.2 Å². The summed E-state index contributed by atoms with van der Waals surface area (Å²) < 4.78 is 0. The molecule has 140 valence electrons. The van der Waals surface area contributed by atoms with Crippen LogP contribution in [-0.4, -0.2) is 32.2 Å². The van der Waals surface area contributed by atoms with Gasteiger partial charge >= 0.3 is 0 Å². The molecule has 0 atom stereocenters. The summed E-state index contributed by atoms with van der Waals surface area (Å²) in [6.45, 7) is 4.31. The van der Waals surface area contributed by atoms with Crippen LogP contribution in [0.2, 0.25) is 0 Å². The van der Waals surface area contributed by atoms with E-state index in [1.54, 1.807) is 6.92 Å². The number of aryl methyl sites for hydroxylation is 3. The van der Waals surface area contributed by atoms with Crippen molar-refractivity contribution in [1.29, 1.82) is 0 Å². The Hall–Kier alpha value is -2.72. The van der Waals surface area contributed by atoms with Gasteiger partial charge in [0.2, 0.25) is 16.0 Å². The van der Waals surface area contributed by atoms with E-state index < -0.39 is 0 Å². The van der Waals surface area contributed by atoms with Crippen molar-refractivity contribution in [2.24, 2.45) is 0 Å². The highest BCUT2D eigenvalue weighted by Gasteiger charge is 2.15. The highest BCUT2D eigenvalue weighted by molar-refractivity contribution is 7.15. The maximum Gasteiger partial charge on any atom is 0.288 e. The molecule has 8 nitrogen and oxygen atoms in total. The van der Waals surface area contributed by atoms with E-state index in [0.717, 1.165) is 16.1 Å². The molecule has 0 fully saturated rings. The van der Waals surface area contributed by atoms with Crippen molar-refractivity contribution in [3.8, 4) is 0 Å². The van der Waals surface area contributed by atoms with Crippen LogP contribution in [0.25, 0.3) is 0 Å². The smallest absolute Gasteiger partial charge is 0.288 e. The first-order valence-corrected chi connectivity index (χ1v) is 9.89. The highest BCUT2D eigenvalue weighted by atomic mass is 32.1. The zero-order valence-corrected chi connectivity index (χ0v) is 16.5. The molecule has 0 spiro atoms. The Morgan fingerprint density at radius 3 is 2.59 bits per heavy atom. The van der Waals surface area contributed by atoms with Gasteiger partial charge in [0.25, 0.3) is 5.91 Å². The molecule has 0 radical (unpaired) electrons. The van der Waals surface area contributed by atoms with Crippen molar-refractivity contribution < 1.29 is 9.59 Å². The summed E-state index contributed by atoms with van der Waals surface area (Å²) in [6.07, 6.45) is 0.722. The molecule has 2 N–H and O–H groups in total. The van der Waals surface area contributed by atoms with E-state index in [9.17, 15) is 9.59 Å². The largest absolute Gasteiger partial charge is 0.352 e. The third-order valence-corrected chi connectivity index (χ3v) is 5.45. The van der Waals surface area contributed by atoms with Gasteiger partial charge in [-0.1, -0.05) is 46.9 Å². The van der Waals surface area contributed by atoms with Crippen LogP contribution in [-0.2, 0) is 17.8 Å². The number of hydrogen-bond donors (Lipinski definition) is 2. The quantitative estimate of drug-likeness (QED) is 0.628. The molecule has 0 aliphatic carbocycles. The third-order valence-electron chi connectivity index (χ3n) is 3.71. The second-order valence-electron chi connectivity index (χ2n) is 5.78. The van der Waals surface area contributed by atoms with Crippen LogP contribution in [0.1, 0.15) is 37.4 Å². The first-order chi connectivity index (χ1) is 13.0. The van der Waals surface area contributed by atoms with E-state index in [0.29, 0.717) is 23.1 Å². The Labute approximate surface area is 164 Å². The van der Waals surface area contributed by atoms with Crippen molar-refractivity contribution in [2.45, 2.75) is 33.2 Å². The Morgan fingerprint density at radius 2 is 1.85 bits per heavy atom. The Bertz CT molecular complexity index is 952. The molecule has 2 heterocycles. The first-order valence-electron chi connectivity index (χ1n) is 8.26. The summed E-state index contributed by atoms with van der Waals surface area (Å²) in [5.41, 5.74) is 2.23. The van der Waals surface area contributed by atoms with Gasteiger partial charge in [-0.3, -0.25) is 14.9 Å². The topological polar surface area (TPSA) is 110 Å². The van der Waals surface area contributed by atoms with Gasteiger partial charge in [0.1, 0.15) is 10.0 Å². The van der Waals surface area contributed by atoms with E-state index in [2.05, 4.69) is 31.0 Å². The predicted molar refractivity (Wildman–Crippen MR) is 104 cm³/mol. The Balaban J connectivity index is 1.46. The Kier molecular flexibility index (Phi) is 6.20. The number of amides is 2. The van der Waals surface area contributed by atoms with Crippen LogP contribution in [0, 0.1) is 13.8 Å². The van der Waals surface area contributed by atoms with E-state index in [4.69, 9.17) is 0 Å². The number of carbonyl (C=O) groups is 2. The summed E-state index contributed by atoms with van der Waals surface area (Å²) in [7, 11) is 0. The lowest BCUT2D eigenvalue weighted by molar-refractivity contribution is -0.121. The number of anilines is 1. The second kappa shape index (κ2) is 8.78. The molecule has 27 heavy (non-hydrogen) atoms. The van der Waals surface area contributed by atoms with Crippen molar-refractivity contribution in [3.63, 3.8) is 0 Å². The zero-order valence-electron chi connectivity index (χ0n) is 14.9. The van der Waals surface area contributed by atoms with Crippen molar-refractivity contribution >= 4 is 39.6 Å². The third kappa shape index (κ3) is 5.38. The number of hydrogen-bond acceptors (Lipinski definition) is 8. The summed E-state index contributed by atoms with van der Waals surface area (Å²) >= 11 is 2.45. The van der Waals surface area contributed by atoms with Gasteiger partial charge in [-0.15, -0.1) is 20.4 Å². The summed E-state index contributed by atoms with van der Waals surface area (Å²) in [6, 6.07) is 7.92. The molecule has 0 aliphatic heterocycles. The van der Waals surface area contributed by atoms with Crippen LogP contribution in [0.3, 0.4) is 0 Å². The van der Waals surface area contributed by atoms with Gasteiger partial charge in [0, 0.05) is 19.4 Å². The number of nitrogens with zero attached hydrogens (tertiary/aromatic N) is 4. The highest BCUT2D eigenvalue weighted by Crippen LogP contribution is 2.17. The summed E-state index contributed by atoms with van der Waals surface area (Å²) in [5.74, 6) is -0.442. The number of aromatic nitrogens is 4. The van der Waals surface area contributed by atoms with Gasteiger partial charge in [0.15, 0.2) is 0 Å². The monoisotopic (exact) mass is 402 g/mol. The molecule has 0 bridgehead atoms. The summed E-state index contributed by atoms with van der Waals surface area (Å²) in [5, 5.41) is 23.1.